The number of carbonyl (C=O) groups excluding carboxylic acids is 3. The molecule has 2 aromatic rings. The van der Waals surface area contributed by atoms with Crippen molar-refractivity contribution in [2.75, 3.05) is 11.9 Å². The monoisotopic (exact) mass is 502 g/mol. The third-order valence-electron chi connectivity index (χ3n) is 3.26. The molecule has 0 atom stereocenters. The largest absolute Gasteiger partial charge is 0.449 e. The molecule has 1 aromatic heterocycles. The molecule has 0 saturated carbocycles. The van der Waals surface area contributed by atoms with E-state index in [-0.39, 0.29) is 10.6 Å². The maximum Gasteiger partial charge on any atom is 0.294 e. The summed E-state index contributed by atoms with van der Waals surface area (Å²) in [4.78, 5) is 37.4. The van der Waals surface area contributed by atoms with Crippen LogP contribution in [0.15, 0.2) is 48.8 Å². The minimum Gasteiger partial charge on any atom is -0.449 e. The number of hydrogen-bond donors (Lipinski definition) is 1. The number of nitrogens with zero attached hydrogens (tertiary/aromatic N) is 1. The Morgan fingerprint density at radius 2 is 2.04 bits per heavy atom. The third-order valence-corrected chi connectivity index (χ3v) is 5.88. The molecule has 0 aliphatic carbocycles. The summed E-state index contributed by atoms with van der Waals surface area (Å²) in [5.41, 5.74) is -0.0229. The van der Waals surface area contributed by atoms with Crippen LogP contribution in [0.4, 0.5) is 14.9 Å². The summed E-state index contributed by atoms with van der Waals surface area (Å²) < 4.78 is 20.0. The number of carbonyl (C=O) groups is 3. The Bertz CT molecular complexity index is 925. The van der Waals surface area contributed by atoms with Crippen molar-refractivity contribution in [1.82, 2.24) is 4.90 Å². The van der Waals surface area contributed by atoms with E-state index in [2.05, 4.69) is 37.2 Å². The van der Waals surface area contributed by atoms with Crippen molar-refractivity contribution in [2.45, 2.75) is 0 Å². The zero-order valence-corrected chi connectivity index (χ0v) is 16.8. The predicted molar refractivity (Wildman–Crippen MR) is 102 cm³/mol. The van der Waals surface area contributed by atoms with E-state index in [1.807, 2.05) is 0 Å². The van der Waals surface area contributed by atoms with Gasteiger partial charge in [-0.2, -0.15) is 0 Å². The standard InChI is InChI=1S/C16H9Br2FN2O4S/c17-9-5-8(25-14(9)18)6-12-15(23)21(16(24)26-12)7-13(22)20-11-4-2-1-3-10(11)19/h1-6H,7H2,(H,20,22)/b12-6-. The summed E-state index contributed by atoms with van der Waals surface area (Å²) in [6.45, 7) is -0.512. The smallest absolute Gasteiger partial charge is 0.294 e. The predicted octanol–water partition coefficient (Wildman–Crippen LogP) is 4.62. The van der Waals surface area contributed by atoms with E-state index < -0.39 is 29.4 Å². The van der Waals surface area contributed by atoms with E-state index in [1.54, 1.807) is 12.1 Å². The van der Waals surface area contributed by atoms with Crippen LogP contribution in [0.3, 0.4) is 0 Å². The molecule has 1 aromatic carbocycles. The Hall–Kier alpha value is -1.91. The summed E-state index contributed by atoms with van der Waals surface area (Å²) in [5, 5.41) is 1.75. The van der Waals surface area contributed by atoms with E-state index in [0.29, 0.717) is 26.7 Å². The number of nitrogens with one attached hydrogen (secondary N) is 1. The first-order valence-electron chi connectivity index (χ1n) is 7.09. The molecule has 6 nitrogen and oxygen atoms in total. The first-order chi connectivity index (χ1) is 12.3. The van der Waals surface area contributed by atoms with E-state index in [4.69, 9.17) is 4.42 Å². The molecule has 3 amide bonds. The molecule has 1 saturated heterocycles. The van der Waals surface area contributed by atoms with Gasteiger partial charge in [0.1, 0.15) is 18.1 Å². The minimum absolute atomic E-state index is 0.0229. The number of thioether (sulfide) groups is 1. The second-order valence-corrected chi connectivity index (χ2v) is 7.63. The summed E-state index contributed by atoms with van der Waals surface area (Å²) in [6.07, 6.45) is 1.41. The van der Waals surface area contributed by atoms with Gasteiger partial charge in [-0.1, -0.05) is 12.1 Å². The number of para-hydroxylation sites is 1. The van der Waals surface area contributed by atoms with Gasteiger partial charge < -0.3 is 9.73 Å². The van der Waals surface area contributed by atoms with Gasteiger partial charge in [-0.15, -0.1) is 0 Å². The van der Waals surface area contributed by atoms with Gasteiger partial charge in [0.05, 0.1) is 15.1 Å². The van der Waals surface area contributed by atoms with Crippen molar-refractivity contribution in [1.29, 1.82) is 0 Å². The molecule has 10 heteroatoms. The molecule has 26 heavy (non-hydrogen) atoms. The molecule has 1 fully saturated rings. The highest BCUT2D eigenvalue weighted by molar-refractivity contribution is 9.13. The summed E-state index contributed by atoms with van der Waals surface area (Å²) in [5.74, 6) is -1.54. The summed E-state index contributed by atoms with van der Waals surface area (Å²) in [6, 6.07) is 7.24. The number of rotatable bonds is 4. The maximum absolute atomic E-state index is 13.6. The van der Waals surface area contributed by atoms with Crippen LogP contribution in [0, 0.1) is 5.82 Å². The van der Waals surface area contributed by atoms with Crippen molar-refractivity contribution in [2.24, 2.45) is 0 Å². The van der Waals surface area contributed by atoms with Crippen molar-refractivity contribution in [3.8, 4) is 0 Å². The van der Waals surface area contributed by atoms with Crippen LogP contribution in [0.25, 0.3) is 6.08 Å². The number of furan rings is 1. The Balaban J connectivity index is 1.71. The molecule has 0 radical (unpaired) electrons. The Kier molecular flexibility index (Phi) is 5.64. The lowest BCUT2D eigenvalue weighted by Gasteiger charge is -2.12. The van der Waals surface area contributed by atoms with Crippen LogP contribution < -0.4 is 5.32 Å². The van der Waals surface area contributed by atoms with Gasteiger partial charge in [-0.05, 0) is 61.8 Å². The van der Waals surface area contributed by atoms with E-state index in [1.165, 1.54) is 24.3 Å². The highest BCUT2D eigenvalue weighted by atomic mass is 79.9. The highest BCUT2D eigenvalue weighted by Gasteiger charge is 2.36. The number of anilines is 1. The Morgan fingerprint density at radius 1 is 1.31 bits per heavy atom. The molecule has 1 N–H and O–H groups in total. The zero-order valence-electron chi connectivity index (χ0n) is 12.8. The molecular formula is C16H9Br2FN2O4S. The second kappa shape index (κ2) is 7.77. The molecule has 1 aliphatic rings. The second-order valence-electron chi connectivity index (χ2n) is 5.07. The Morgan fingerprint density at radius 3 is 2.69 bits per heavy atom. The molecule has 3 rings (SSSR count). The normalized spacial score (nSPS) is 15.8. The van der Waals surface area contributed by atoms with Crippen LogP contribution in [0.1, 0.15) is 5.76 Å². The van der Waals surface area contributed by atoms with Gasteiger partial charge in [-0.3, -0.25) is 19.3 Å². The minimum atomic E-state index is -0.679. The molecule has 0 bridgehead atoms. The van der Waals surface area contributed by atoms with E-state index in [0.717, 1.165) is 4.90 Å². The van der Waals surface area contributed by atoms with Gasteiger partial charge >= 0.3 is 0 Å². The van der Waals surface area contributed by atoms with Crippen LogP contribution in [0.5, 0.6) is 0 Å². The van der Waals surface area contributed by atoms with Crippen LogP contribution >= 0.6 is 43.6 Å². The number of amides is 3. The van der Waals surface area contributed by atoms with Crippen molar-refractivity contribution in [3.63, 3.8) is 0 Å². The fraction of sp³-hybridized carbons (Fsp3) is 0.0625. The topological polar surface area (TPSA) is 79.6 Å². The molecular weight excluding hydrogens is 495 g/mol. The van der Waals surface area contributed by atoms with E-state index in [9.17, 15) is 18.8 Å². The van der Waals surface area contributed by atoms with Crippen molar-refractivity contribution < 1.29 is 23.2 Å². The van der Waals surface area contributed by atoms with Gasteiger partial charge in [-0.25, -0.2) is 4.39 Å². The fourth-order valence-corrected chi connectivity index (χ4v) is 3.52. The lowest BCUT2D eigenvalue weighted by atomic mass is 10.3. The third kappa shape index (κ3) is 4.08. The molecule has 2 heterocycles. The van der Waals surface area contributed by atoms with Crippen LogP contribution in [-0.2, 0) is 9.59 Å². The average Bonchev–Trinajstić information content (AvgIpc) is 3.03. The molecule has 1 aliphatic heterocycles. The van der Waals surface area contributed by atoms with E-state index >= 15 is 0 Å². The van der Waals surface area contributed by atoms with Crippen molar-refractivity contribution in [3.05, 3.63) is 56.0 Å². The number of halogens is 3. The first-order valence-corrected chi connectivity index (χ1v) is 9.50. The fourth-order valence-electron chi connectivity index (χ4n) is 2.10. The molecule has 134 valence electrons. The lowest BCUT2D eigenvalue weighted by Crippen LogP contribution is -2.36. The Labute approximate surface area is 168 Å². The number of benzene rings is 1. The van der Waals surface area contributed by atoms with Gasteiger partial charge in [0.2, 0.25) is 5.91 Å². The van der Waals surface area contributed by atoms with Gasteiger partial charge in [0.15, 0.2) is 4.67 Å². The van der Waals surface area contributed by atoms with Gasteiger partial charge in [0, 0.05) is 6.08 Å². The molecule has 0 spiro atoms. The highest BCUT2D eigenvalue weighted by Crippen LogP contribution is 2.34. The lowest BCUT2D eigenvalue weighted by molar-refractivity contribution is -0.127. The SMILES string of the molecule is O=C(CN1C(=O)S/C(=C\c2cc(Br)c(Br)o2)C1=O)Nc1ccccc1F. The summed E-state index contributed by atoms with van der Waals surface area (Å²) >= 11 is 7.13. The quantitative estimate of drug-likeness (QED) is 0.616. The maximum atomic E-state index is 13.6. The van der Waals surface area contributed by atoms with Crippen LogP contribution in [-0.4, -0.2) is 28.5 Å². The van der Waals surface area contributed by atoms with Crippen molar-refractivity contribution >= 4 is 72.4 Å². The van der Waals surface area contributed by atoms with Crippen LogP contribution in [0.2, 0.25) is 0 Å². The number of hydrogen-bond acceptors (Lipinski definition) is 5. The summed E-state index contributed by atoms with van der Waals surface area (Å²) in [7, 11) is 0. The van der Waals surface area contributed by atoms with Gasteiger partial charge in [0.25, 0.3) is 11.1 Å². The zero-order chi connectivity index (χ0) is 18.8. The first kappa shape index (κ1) is 18.9. The molecule has 0 unspecified atom stereocenters. The number of imide groups is 1. The average molecular weight is 504 g/mol.